The van der Waals surface area contributed by atoms with Crippen LogP contribution in [0.2, 0.25) is 10.0 Å². The Hall–Kier alpha value is -2.44. The lowest BCUT2D eigenvalue weighted by atomic mass is 9.97. The summed E-state index contributed by atoms with van der Waals surface area (Å²) in [6, 6.07) is 10.2. The van der Waals surface area contributed by atoms with E-state index >= 15 is 0 Å². The standard InChI is InChI=1S/C24H27Cl2NO5/c1-15-5-4-6-16(2)27(15)23(28)14-32-24(29)17-8-10-21(22(11-17)30-3)31-13-18-7-9-19(25)12-20(18)26/h7-12,15-16H,4-6,13-14H2,1-3H3/t15-,16-/m0/s1. The van der Waals surface area contributed by atoms with E-state index in [0.717, 1.165) is 24.8 Å². The summed E-state index contributed by atoms with van der Waals surface area (Å²) in [5, 5.41) is 1.04. The van der Waals surface area contributed by atoms with Gasteiger partial charge in [-0.1, -0.05) is 29.3 Å². The third-order valence-corrected chi connectivity index (χ3v) is 6.19. The van der Waals surface area contributed by atoms with Gasteiger partial charge in [0.2, 0.25) is 0 Å². The monoisotopic (exact) mass is 479 g/mol. The van der Waals surface area contributed by atoms with Gasteiger partial charge >= 0.3 is 5.97 Å². The molecule has 1 aliphatic heterocycles. The van der Waals surface area contributed by atoms with E-state index in [2.05, 4.69) is 0 Å². The molecule has 172 valence electrons. The number of halogens is 2. The summed E-state index contributed by atoms with van der Waals surface area (Å²) in [7, 11) is 1.48. The first kappa shape index (κ1) is 24.2. The van der Waals surface area contributed by atoms with Crippen molar-refractivity contribution in [3.05, 3.63) is 57.6 Å². The second-order valence-corrected chi connectivity index (χ2v) is 8.74. The summed E-state index contributed by atoms with van der Waals surface area (Å²) < 4.78 is 16.4. The second-order valence-electron chi connectivity index (χ2n) is 7.90. The van der Waals surface area contributed by atoms with Crippen LogP contribution in [-0.4, -0.2) is 42.6 Å². The number of rotatable bonds is 7. The zero-order valence-electron chi connectivity index (χ0n) is 18.4. The van der Waals surface area contributed by atoms with Crippen molar-refractivity contribution in [2.24, 2.45) is 0 Å². The van der Waals surface area contributed by atoms with Gasteiger partial charge < -0.3 is 19.1 Å². The van der Waals surface area contributed by atoms with Crippen molar-refractivity contribution in [2.75, 3.05) is 13.7 Å². The van der Waals surface area contributed by atoms with Crippen molar-refractivity contribution in [3.8, 4) is 11.5 Å². The third kappa shape index (κ3) is 5.87. The lowest BCUT2D eigenvalue weighted by Crippen LogP contribution is -2.49. The molecule has 2 aromatic rings. The van der Waals surface area contributed by atoms with Crippen molar-refractivity contribution >= 4 is 35.1 Å². The van der Waals surface area contributed by atoms with Crippen molar-refractivity contribution in [2.45, 2.75) is 51.8 Å². The van der Waals surface area contributed by atoms with Gasteiger partial charge in [-0.2, -0.15) is 0 Å². The van der Waals surface area contributed by atoms with E-state index in [-0.39, 0.29) is 36.8 Å². The van der Waals surface area contributed by atoms with E-state index < -0.39 is 5.97 Å². The number of hydrogen-bond donors (Lipinski definition) is 0. The Labute approximate surface area is 198 Å². The van der Waals surface area contributed by atoms with Gasteiger partial charge in [0.15, 0.2) is 18.1 Å². The minimum atomic E-state index is -0.596. The molecular formula is C24H27Cl2NO5. The minimum Gasteiger partial charge on any atom is -0.493 e. The van der Waals surface area contributed by atoms with E-state index in [1.165, 1.54) is 13.2 Å². The van der Waals surface area contributed by atoms with Crippen LogP contribution in [0.15, 0.2) is 36.4 Å². The van der Waals surface area contributed by atoms with Crippen molar-refractivity contribution in [1.29, 1.82) is 0 Å². The molecule has 1 aliphatic rings. The van der Waals surface area contributed by atoms with Crippen LogP contribution in [0.1, 0.15) is 49.0 Å². The average molecular weight is 480 g/mol. The first-order chi connectivity index (χ1) is 15.3. The Balaban J connectivity index is 1.61. The second kappa shape index (κ2) is 10.9. The third-order valence-electron chi connectivity index (χ3n) is 5.61. The number of ether oxygens (including phenoxy) is 3. The summed E-state index contributed by atoms with van der Waals surface area (Å²) in [5.74, 6) is 0.0438. The minimum absolute atomic E-state index is 0.149. The van der Waals surface area contributed by atoms with Gasteiger partial charge in [-0.05, 0) is 63.4 Å². The average Bonchev–Trinajstić information content (AvgIpc) is 2.76. The molecule has 0 radical (unpaired) electrons. The Bertz CT molecular complexity index is 971. The largest absolute Gasteiger partial charge is 0.493 e. The molecule has 1 saturated heterocycles. The van der Waals surface area contributed by atoms with Crippen LogP contribution < -0.4 is 9.47 Å². The molecule has 0 N–H and O–H groups in total. The van der Waals surface area contributed by atoms with Crippen LogP contribution in [0.5, 0.6) is 11.5 Å². The number of likely N-dealkylation sites (tertiary alicyclic amines) is 1. The highest BCUT2D eigenvalue weighted by atomic mass is 35.5. The molecule has 0 spiro atoms. The normalized spacial score (nSPS) is 18.2. The SMILES string of the molecule is COc1cc(C(=O)OCC(=O)N2[C@@H](C)CCC[C@@H]2C)ccc1OCc1ccc(Cl)cc1Cl. The predicted octanol–water partition coefficient (Wildman–Crippen LogP) is 5.53. The van der Waals surface area contributed by atoms with E-state index in [4.69, 9.17) is 37.4 Å². The molecule has 1 fully saturated rings. The van der Waals surface area contributed by atoms with Gasteiger partial charge in [0, 0.05) is 27.7 Å². The van der Waals surface area contributed by atoms with Crippen LogP contribution in [0, 0.1) is 0 Å². The highest BCUT2D eigenvalue weighted by Crippen LogP contribution is 2.30. The maximum atomic E-state index is 12.6. The zero-order chi connectivity index (χ0) is 23.3. The van der Waals surface area contributed by atoms with Gasteiger partial charge in [-0.15, -0.1) is 0 Å². The first-order valence-corrected chi connectivity index (χ1v) is 11.3. The highest BCUT2D eigenvalue weighted by molar-refractivity contribution is 6.35. The van der Waals surface area contributed by atoms with E-state index in [9.17, 15) is 9.59 Å². The Morgan fingerprint density at radius 3 is 2.41 bits per heavy atom. The molecule has 2 atom stereocenters. The number of nitrogens with zero attached hydrogens (tertiary/aromatic N) is 1. The maximum Gasteiger partial charge on any atom is 0.338 e. The molecule has 0 aromatic heterocycles. The Morgan fingerprint density at radius 2 is 1.75 bits per heavy atom. The predicted molar refractivity (Wildman–Crippen MR) is 124 cm³/mol. The van der Waals surface area contributed by atoms with Gasteiger partial charge in [0.05, 0.1) is 12.7 Å². The number of benzene rings is 2. The summed E-state index contributed by atoms with van der Waals surface area (Å²) >= 11 is 12.1. The van der Waals surface area contributed by atoms with Crippen molar-refractivity contribution in [1.82, 2.24) is 4.90 Å². The van der Waals surface area contributed by atoms with Crippen molar-refractivity contribution in [3.63, 3.8) is 0 Å². The maximum absolute atomic E-state index is 12.6. The van der Waals surface area contributed by atoms with Crippen LogP contribution in [0.25, 0.3) is 0 Å². The first-order valence-electron chi connectivity index (χ1n) is 10.5. The number of methoxy groups -OCH3 is 1. The van der Waals surface area contributed by atoms with E-state index in [1.807, 2.05) is 18.7 Å². The Kier molecular flexibility index (Phi) is 8.26. The number of carbonyl (C=O) groups excluding carboxylic acids is 2. The molecule has 32 heavy (non-hydrogen) atoms. The smallest absolute Gasteiger partial charge is 0.338 e. The Morgan fingerprint density at radius 1 is 1.03 bits per heavy atom. The van der Waals surface area contributed by atoms with Crippen LogP contribution in [0.4, 0.5) is 0 Å². The molecule has 3 rings (SSSR count). The van der Waals surface area contributed by atoms with Crippen molar-refractivity contribution < 1.29 is 23.8 Å². The van der Waals surface area contributed by atoms with Crippen LogP contribution >= 0.6 is 23.2 Å². The topological polar surface area (TPSA) is 65.1 Å². The van der Waals surface area contributed by atoms with Crippen LogP contribution in [-0.2, 0) is 16.1 Å². The van der Waals surface area contributed by atoms with Gasteiger partial charge in [-0.25, -0.2) is 4.79 Å². The van der Waals surface area contributed by atoms with E-state index in [0.29, 0.717) is 21.5 Å². The number of esters is 1. The molecule has 0 saturated carbocycles. The van der Waals surface area contributed by atoms with Gasteiger partial charge in [0.1, 0.15) is 6.61 Å². The van der Waals surface area contributed by atoms with Crippen LogP contribution in [0.3, 0.4) is 0 Å². The quantitative estimate of drug-likeness (QED) is 0.488. The fourth-order valence-corrected chi connectivity index (χ4v) is 4.37. The lowest BCUT2D eigenvalue weighted by molar-refractivity contribution is -0.140. The molecule has 6 nitrogen and oxygen atoms in total. The number of amides is 1. The molecular weight excluding hydrogens is 453 g/mol. The van der Waals surface area contributed by atoms with E-state index in [1.54, 1.807) is 30.3 Å². The number of piperidine rings is 1. The van der Waals surface area contributed by atoms with Gasteiger partial charge in [-0.3, -0.25) is 4.79 Å². The zero-order valence-corrected chi connectivity index (χ0v) is 19.9. The number of carbonyl (C=O) groups is 2. The molecule has 8 heteroatoms. The summed E-state index contributed by atoms with van der Waals surface area (Å²) in [4.78, 5) is 26.9. The molecule has 0 aliphatic carbocycles. The highest BCUT2D eigenvalue weighted by Gasteiger charge is 2.29. The molecule has 0 bridgehead atoms. The number of hydrogen-bond acceptors (Lipinski definition) is 5. The molecule has 1 amide bonds. The molecule has 0 unspecified atom stereocenters. The fraction of sp³-hybridized carbons (Fsp3) is 0.417. The molecule has 1 heterocycles. The van der Waals surface area contributed by atoms with Gasteiger partial charge in [0.25, 0.3) is 5.91 Å². The summed E-state index contributed by atoms with van der Waals surface area (Å²) in [6.45, 7) is 3.96. The lowest BCUT2D eigenvalue weighted by Gasteiger charge is -2.38. The fourth-order valence-electron chi connectivity index (χ4n) is 3.91. The summed E-state index contributed by atoms with van der Waals surface area (Å²) in [5.41, 5.74) is 1.03. The summed E-state index contributed by atoms with van der Waals surface area (Å²) in [6.07, 6.45) is 3.03. The molecule has 2 aromatic carbocycles.